The number of hydrogen-bond donors (Lipinski definition) is 1. The van der Waals surface area contributed by atoms with E-state index in [0.717, 1.165) is 0 Å². The van der Waals surface area contributed by atoms with Crippen molar-refractivity contribution in [3.05, 3.63) is 21.3 Å². The van der Waals surface area contributed by atoms with Crippen LogP contribution in [-0.2, 0) is 9.53 Å². The van der Waals surface area contributed by atoms with Gasteiger partial charge in [-0.1, -0.05) is 11.6 Å². The molecular formula is C14H19ClN2O3S. The maximum absolute atomic E-state index is 12.5. The van der Waals surface area contributed by atoms with Crippen molar-refractivity contribution in [2.24, 2.45) is 0 Å². The highest BCUT2D eigenvalue weighted by atomic mass is 35.5. The van der Waals surface area contributed by atoms with Gasteiger partial charge in [-0.2, -0.15) is 0 Å². The molecule has 1 N–H and O–H groups in total. The Balaban J connectivity index is 2.12. The summed E-state index contributed by atoms with van der Waals surface area (Å²) in [6, 6.07) is 2.64. The molecule has 116 valence electrons. The zero-order valence-electron chi connectivity index (χ0n) is 12.1. The van der Waals surface area contributed by atoms with Gasteiger partial charge in [0.05, 0.1) is 28.5 Å². The first kappa shape index (κ1) is 16.4. The van der Waals surface area contributed by atoms with E-state index in [1.165, 1.54) is 11.3 Å². The number of likely N-dealkylation sites (N-methyl/N-ethyl adjacent to an activating group) is 1. The van der Waals surface area contributed by atoms with Gasteiger partial charge >= 0.3 is 0 Å². The van der Waals surface area contributed by atoms with Crippen LogP contribution in [0.2, 0.25) is 4.34 Å². The Hall–Kier alpha value is -0.950. The SMILES string of the molecule is CCNC(=O)C1COCCN1C(C)C(=O)c1ccc(Cl)s1. The second-order valence-electron chi connectivity index (χ2n) is 4.87. The molecule has 0 saturated carbocycles. The number of carbonyl (C=O) groups is 2. The number of thiophene rings is 1. The minimum atomic E-state index is -0.423. The standard InChI is InChI=1S/C14H19ClN2O3S/c1-3-16-14(19)10-8-20-7-6-17(10)9(2)13(18)11-4-5-12(15)21-11/h4-5,9-10H,3,6-8H2,1-2H3,(H,16,19). The predicted molar refractivity (Wildman–Crippen MR) is 83.1 cm³/mol. The van der Waals surface area contributed by atoms with Gasteiger partial charge in [0.1, 0.15) is 6.04 Å². The Labute approximate surface area is 133 Å². The molecule has 0 spiro atoms. The first-order chi connectivity index (χ1) is 10.0. The van der Waals surface area contributed by atoms with Crippen LogP contribution in [0.3, 0.4) is 0 Å². The fourth-order valence-electron chi connectivity index (χ4n) is 2.40. The van der Waals surface area contributed by atoms with E-state index in [9.17, 15) is 9.59 Å². The Bertz CT molecular complexity index is 520. The van der Waals surface area contributed by atoms with Crippen LogP contribution in [0, 0.1) is 0 Å². The summed E-state index contributed by atoms with van der Waals surface area (Å²) in [5.41, 5.74) is 0. The zero-order chi connectivity index (χ0) is 15.4. The number of ether oxygens (including phenoxy) is 1. The monoisotopic (exact) mass is 330 g/mol. The molecule has 2 atom stereocenters. The molecule has 1 fully saturated rings. The number of nitrogens with one attached hydrogen (secondary N) is 1. The Morgan fingerprint density at radius 2 is 2.33 bits per heavy atom. The first-order valence-corrected chi connectivity index (χ1v) is 8.14. The summed E-state index contributed by atoms with van der Waals surface area (Å²) in [7, 11) is 0. The minimum Gasteiger partial charge on any atom is -0.378 e. The average molecular weight is 331 g/mol. The number of carbonyl (C=O) groups excluding carboxylic acids is 2. The van der Waals surface area contributed by atoms with Gasteiger partial charge in [0.25, 0.3) is 0 Å². The number of amides is 1. The lowest BCUT2D eigenvalue weighted by Gasteiger charge is -2.37. The average Bonchev–Trinajstić information content (AvgIpc) is 2.92. The molecule has 0 radical (unpaired) electrons. The van der Waals surface area contributed by atoms with Gasteiger partial charge in [0, 0.05) is 13.1 Å². The third-order valence-electron chi connectivity index (χ3n) is 3.52. The van der Waals surface area contributed by atoms with Crippen molar-refractivity contribution in [1.82, 2.24) is 10.2 Å². The molecule has 1 aliphatic rings. The molecule has 2 heterocycles. The van der Waals surface area contributed by atoms with Gasteiger partial charge in [-0.15, -0.1) is 11.3 Å². The molecule has 1 aromatic heterocycles. The molecule has 1 amide bonds. The second kappa shape index (κ2) is 7.35. The summed E-state index contributed by atoms with van der Waals surface area (Å²) in [6.07, 6.45) is 0. The van der Waals surface area contributed by atoms with Crippen molar-refractivity contribution >= 4 is 34.6 Å². The van der Waals surface area contributed by atoms with E-state index < -0.39 is 6.04 Å². The van der Waals surface area contributed by atoms with Crippen molar-refractivity contribution in [3.63, 3.8) is 0 Å². The first-order valence-electron chi connectivity index (χ1n) is 6.95. The molecule has 0 aromatic carbocycles. The van der Waals surface area contributed by atoms with E-state index in [1.54, 1.807) is 12.1 Å². The van der Waals surface area contributed by atoms with Gasteiger partial charge in [-0.3, -0.25) is 14.5 Å². The number of nitrogens with zero attached hydrogens (tertiary/aromatic N) is 1. The van der Waals surface area contributed by atoms with E-state index in [-0.39, 0.29) is 17.7 Å². The Morgan fingerprint density at radius 3 is 2.95 bits per heavy atom. The summed E-state index contributed by atoms with van der Waals surface area (Å²) in [6.45, 7) is 5.66. The third kappa shape index (κ3) is 3.83. The number of ketones is 1. The summed E-state index contributed by atoms with van der Waals surface area (Å²) in [4.78, 5) is 27.2. The molecule has 2 unspecified atom stereocenters. The Morgan fingerprint density at radius 1 is 1.57 bits per heavy atom. The summed E-state index contributed by atoms with van der Waals surface area (Å²) >= 11 is 7.15. The van der Waals surface area contributed by atoms with Crippen molar-refractivity contribution in [2.45, 2.75) is 25.9 Å². The maximum Gasteiger partial charge on any atom is 0.239 e. The largest absolute Gasteiger partial charge is 0.378 e. The van der Waals surface area contributed by atoms with E-state index in [4.69, 9.17) is 16.3 Å². The molecule has 21 heavy (non-hydrogen) atoms. The molecule has 1 aliphatic heterocycles. The van der Waals surface area contributed by atoms with Crippen molar-refractivity contribution in [2.75, 3.05) is 26.3 Å². The molecule has 2 rings (SSSR count). The van der Waals surface area contributed by atoms with Gasteiger partial charge < -0.3 is 10.1 Å². The van der Waals surface area contributed by atoms with E-state index in [2.05, 4.69) is 5.32 Å². The van der Waals surface area contributed by atoms with Crippen LogP contribution in [0.1, 0.15) is 23.5 Å². The van der Waals surface area contributed by atoms with Crippen molar-refractivity contribution < 1.29 is 14.3 Å². The number of hydrogen-bond acceptors (Lipinski definition) is 5. The van der Waals surface area contributed by atoms with E-state index in [1.807, 2.05) is 18.7 Å². The molecule has 0 aliphatic carbocycles. The highest BCUT2D eigenvalue weighted by Gasteiger charge is 2.35. The maximum atomic E-state index is 12.5. The lowest BCUT2D eigenvalue weighted by Crippen LogP contribution is -2.58. The smallest absolute Gasteiger partial charge is 0.239 e. The fraction of sp³-hybridized carbons (Fsp3) is 0.571. The van der Waals surface area contributed by atoms with Crippen molar-refractivity contribution in [1.29, 1.82) is 0 Å². The van der Waals surface area contributed by atoms with E-state index in [0.29, 0.717) is 35.5 Å². The minimum absolute atomic E-state index is 0.0110. The highest BCUT2D eigenvalue weighted by Crippen LogP contribution is 2.24. The molecule has 7 heteroatoms. The van der Waals surface area contributed by atoms with Gasteiger partial charge in [0.2, 0.25) is 5.91 Å². The third-order valence-corrected chi connectivity index (χ3v) is 4.76. The van der Waals surface area contributed by atoms with Gasteiger partial charge in [-0.25, -0.2) is 0 Å². The molecule has 5 nitrogen and oxygen atoms in total. The number of morpholine rings is 1. The lowest BCUT2D eigenvalue weighted by molar-refractivity contribution is -0.133. The van der Waals surface area contributed by atoms with Crippen LogP contribution < -0.4 is 5.32 Å². The highest BCUT2D eigenvalue weighted by molar-refractivity contribution is 7.18. The van der Waals surface area contributed by atoms with Crippen LogP contribution in [0.25, 0.3) is 0 Å². The summed E-state index contributed by atoms with van der Waals surface area (Å²) < 4.78 is 5.98. The topological polar surface area (TPSA) is 58.6 Å². The summed E-state index contributed by atoms with van der Waals surface area (Å²) in [5.74, 6) is -0.107. The van der Waals surface area contributed by atoms with Crippen LogP contribution in [0.5, 0.6) is 0 Å². The molecular weight excluding hydrogens is 312 g/mol. The Kier molecular flexibility index (Phi) is 5.75. The van der Waals surface area contributed by atoms with Gasteiger partial charge in [-0.05, 0) is 26.0 Å². The van der Waals surface area contributed by atoms with Crippen LogP contribution in [-0.4, -0.2) is 55.0 Å². The zero-order valence-corrected chi connectivity index (χ0v) is 13.7. The van der Waals surface area contributed by atoms with Crippen molar-refractivity contribution in [3.8, 4) is 0 Å². The normalized spacial score (nSPS) is 21.0. The molecule has 1 aromatic rings. The number of Topliss-reactive ketones (excluding diaryl/α,β-unsaturated/α-hetero) is 1. The fourth-order valence-corrected chi connectivity index (χ4v) is 3.47. The molecule has 0 bridgehead atoms. The van der Waals surface area contributed by atoms with E-state index >= 15 is 0 Å². The predicted octanol–water partition coefficient (Wildman–Crippen LogP) is 1.81. The van der Waals surface area contributed by atoms with Crippen LogP contribution >= 0.6 is 22.9 Å². The second-order valence-corrected chi connectivity index (χ2v) is 6.58. The van der Waals surface area contributed by atoms with Crippen LogP contribution in [0.4, 0.5) is 0 Å². The quantitative estimate of drug-likeness (QED) is 0.837. The van der Waals surface area contributed by atoms with Gasteiger partial charge in [0.15, 0.2) is 5.78 Å². The molecule has 1 saturated heterocycles. The van der Waals surface area contributed by atoms with Crippen LogP contribution in [0.15, 0.2) is 12.1 Å². The number of halogens is 1. The summed E-state index contributed by atoms with van der Waals surface area (Å²) in [5, 5.41) is 2.79. The lowest BCUT2D eigenvalue weighted by atomic mass is 10.1. The number of rotatable bonds is 5.